The average Bonchev–Trinajstić information content (AvgIpc) is 2.64. The van der Waals surface area contributed by atoms with Crippen molar-refractivity contribution in [3.8, 4) is 0 Å². The number of thiocarbonyl (C=S) groups is 1. The van der Waals surface area contributed by atoms with Crippen molar-refractivity contribution in [3.63, 3.8) is 0 Å². The number of carbonyl (C=O) groups is 1. The average molecular weight is 384 g/mol. The van der Waals surface area contributed by atoms with Gasteiger partial charge < -0.3 is 19.9 Å². The van der Waals surface area contributed by atoms with Crippen molar-refractivity contribution in [1.29, 1.82) is 0 Å². The Bertz CT molecular complexity index is 577. The van der Waals surface area contributed by atoms with Gasteiger partial charge in [-0.3, -0.25) is 4.79 Å². The molecule has 1 heterocycles. The summed E-state index contributed by atoms with van der Waals surface area (Å²) in [7, 11) is 1.43. The van der Waals surface area contributed by atoms with Crippen molar-refractivity contribution in [2.75, 3.05) is 44.7 Å². The lowest BCUT2D eigenvalue weighted by molar-refractivity contribution is -0.140. The normalized spacial score (nSPS) is 14.3. The molecule has 0 saturated carbocycles. The number of hydrogen-bond acceptors (Lipinski definition) is 4. The maximum Gasteiger partial charge on any atom is 0.305 e. The van der Waals surface area contributed by atoms with Crippen molar-refractivity contribution in [2.24, 2.45) is 0 Å². The minimum Gasteiger partial charge on any atom is -0.469 e. The predicted molar refractivity (Wildman–Crippen MR) is 106 cm³/mol. The van der Waals surface area contributed by atoms with E-state index in [2.05, 4.69) is 25.9 Å². The smallest absolute Gasteiger partial charge is 0.305 e. The van der Waals surface area contributed by atoms with E-state index in [0.29, 0.717) is 6.42 Å². The van der Waals surface area contributed by atoms with E-state index in [4.69, 9.17) is 23.8 Å². The van der Waals surface area contributed by atoms with Gasteiger partial charge >= 0.3 is 5.97 Å². The topological polar surface area (TPSA) is 44.8 Å². The van der Waals surface area contributed by atoms with Crippen molar-refractivity contribution in [3.05, 3.63) is 29.3 Å². The molecule has 1 saturated heterocycles. The Morgan fingerprint density at radius 3 is 2.68 bits per heavy atom. The van der Waals surface area contributed by atoms with E-state index in [9.17, 15) is 4.79 Å². The van der Waals surface area contributed by atoms with Crippen molar-refractivity contribution in [2.45, 2.75) is 25.7 Å². The van der Waals surface area contributed by atoms with Gasteiger partial charge in [0, 0.05) is 49.9 Å². The summed E-state index contributed by atoms with van der Waals surface area (Å²) in [5.41, 5.74) is 1.16. The Morgan fingerprint density at radius 2 is 2.00 bits per heavy atom. The van der Waals surface area contributed by atoms with Gasteiger partial charge in [0.25, 0.3) is 0 Å². The zero-order chi connectivity index (χ0) is 18.1. The first kappa shape index (κ1) is 19.8. The standard InChI is InChI=1S/C18H26ClN3O2S/c1-24-17(23)8-3-2-4-9-20-18(25)22-12-10-21(11-13-22)16-7-5-6-15(19)14-16/h5-7,14H,2-4,8-13H2,1H3,(H,20,25). The van der Waals surface area contributed by atoms with Crippen LogP contribution >= 0.6 is 23.8 Å². The third-order valence-electron chi connectivity index (χ3n) is 4.30. The summed E-state index contributed by atoms with van der Waals surface area (Å²) in [5.74, 6) is -0.138. The summed E-state index contributed by atoms with van der Waals surface area (Å²) in [5, 5.41) is 4.91. The number of piperazine rings is 1. The van der Waals surface area contributed by atoms with Crippen molar-refractivity contribution < 1.29 is 9.53 Å². The minimum atomic E-state index is -0.138. The highest BCUT2D eigenvalue weighted by molar-refractivity contribution is 7.80. The fourth-order valence-corrected chi connectivity index (χ4v) is 3.29. The fourth-order valence-electron chi connectivity index (χ4n) is 2.82. The first-order valence-corrected chi connectivity index (χ1v) is 9.49. The zero-order valence-corrected chi connectivity index (χ0v) is 16.2. The number of benzene rings is 1. The number of ether oxygens (including phenoxy) is 1. The Labute approximate surface area is 160 Å². The molecule has 25 heavy (non-hydrogen) atoms. The summed E-state index contributed by atoms with van der Waals surface area (Å²) < 4.78 is 4.63. The second kappa shape index (κ2) is 10.5. The third kappa shape index (κ3) is 6.71. The van der Waals surface area contributed by atoms with Gasteiger partial charge in [-0.05, 0) is 43.3 Å². The van der Waals surface area contributed by atoms with E-state index in [0.717, 1.165) is 67.8 Å². The van der Waals surface area contributed by atoms with E-state index in [1.165, 1.54) is 7.11 Å². The number of unbranched alkanes of at least 4 members (excludes halogenated alkanes) is 2. The van der Waals surface area contributed by atoms with Gasteiger partial charge in [-0.25, -0.2) is 0 Å². The van der Waals surface area contributed by atoms with E-state index in [-0.39, 0.29) is 5.97 Å². The quantitative estimate of drug-likeness (QED) is 0.443. The van der Waals surface area contributed by atoms with Gasteiger partial charge in [0.05, 0.1) is 7.11 Å². The summed E-state index contributed by atoms with van der Waals surface area (Å²) in [6.45, 7) is 4.51. The van der Waals surface area contributed by atoms with Gasteiger partial charge in [0.15, 0.2) is 5.11 Å². The van der Waals surface area contributed by atoms with Crippen LogP contribution in [0.5, 0.6) is 0 Å². The maximum absolute atomic E-state index is 11.0. The molecule has 1 aliphatic heterocycles. The Kier molecular flexibility index (Phi) is 8.28. The van der Waals surface area contributed by atoms with Crippen LogP contribution in [0.2, 0.25) is 5.02 Å². The third-order valence-corrected chi connectivity index (χ3v) is 4.94. The van der Waals surface area contributed by atoms with Crippen LogP contribution in [0.25, 0.3) is 0 Å². The molecule has 1 aliphatic rings. The molecule has 0 atom stereocenters. The lowest BCUT2D eigenvalue weighted by atomic mass is 10.2. The number of hydrogen-bond donors (Lipinski definition) is 1. The molecule has 0 spiro atoms. The van der Waals surface area contributed by atoms with Crippen LogP contribution in [0, 0.1) is 0 Å². The molecule has 0 unspecified atom stereocenters. The monoisotopic (exact) mass is 383 g/mol. The van der Waals surface area contributed by atoms with Crippen LogP contribution in [0.3, 0.4) is 0 Å². The van der Waals surface area contributed by atoms with Crippen LogP contribution in [0.1, 0.15) is 25.7 Å². The molecule has 138 valence electrons. The largest absolute Gasteiger partial charge is 0.469 e. The van der Waals surface area contributed by atoms with Crippen LogP contribution in [0.4, 0.5) is 5.69 Å². The van der Waals surface area contributed by atoms with Gasteiger partial charge in [0.1, 0.15) is 0 Å². The van der Waals surface area contributed by atoms with E-state index >= 15 is 0 Å². The predicted octanol–water partition coefficient (Wildman–Crippen LogP) is 3.07. The molecule has 0 aliphatic carbocycles. The van der Waals surface area contributed by atoms with Gasteiger partial charge in [-0.2, -0.15) is 0 Å². The molecule has 1 N–H and O–H groups in total. The zero-order valence-electron chi connectivity index (χ0n) is 14.7. The van der Waals surface area contributed by atoms with Gasteiger partial charge in [0.2, 0.25) is 0 Å². The second-order valence-corrected chi connectivity index (χ2v) is 6.90. The van der Waals surface area contributed by atoms with Crippen LogP contribution in [-0.4, -0.2) is 55.8 Å². The van der Waals surface area contributed by atoms with Gasteiger partial charge in [-0.15, -0.1) is 0 Å². The number of anilines is 1. The number of nitrogens with one attached hydrogen (secondary N) is 1. The molecule has 7 heteroatoms. The van der Waals surface area contributed by atoms with Crippen LogP contribution < -0.4 is 10.2 Å². The van der Waals surface area contributed by atoms with Crippen LogP contribution in [-0.2, 0) is 9.53 Å². The number of nitrogens with zero attached hydrogens (tertiary/aromatic N) is 2. The van der Waals surface area contributed by atoms with E-state index in [1.54, 1.807) is 0 Å². The first-order valence-electron chi connectivity index (χ1n) is 8.70. The molecule has 0 amide bonds. The highest BCUT2D eigenvalue weighted by Gasteiger charge is 2.19. The summed E-state index contributed by atoms with van der Waals surface area (Å²) in [4.78, 5) is 15.6. The molecule has 5 nitrogen and oxygen atoms in total. The van der Waals surface area contributed by atoms with Crippen LogP contribution in [0.15, 0.2) is 24.3 Å². The summed E-state index contributed by atoms with van der Waals surface area (Å²) in [6.07, 6.45) is 3.35. The molecule has 0 radical (unpaired) electrons. The SMILES string of the molecule is COC(=O)CCCCCNC(=S)N1CCN(c2cccc(Cl)c2)CC1. The van der Waals surface area contributed by atoms with E-state index < -0.39 is 0 Å². The minimum absolute atomic E-state index is 0.138. The molecule has 1 aromatic rings. The number of rotatable bonds is 7. The number of esters is 1. The fraction of sp³-hybridized carbons (Fsp3) is 0.556. The molecule has 2 rings (SSSR count). The van der Waals surface area contributed by atoms with Crippen molar-refractivity contribution >= 4 is 40.6 Å². The maximum atomic E-state index is 11.0. The molecule has 1 fully saturated rings. The summed E-state index contributed by atoms with van der Waals surface area (Å²) >= 11 is 11.6. The Hall–Kier alpha value is -1.53. The molecule has 0 aromatic heterocycles. The lowest BCUT2D eigenvalue weighted by Crippen LogP contribution is -2.51. The van der Waals surface area contributed by atoms with E-state index in [1.807, 2.05) is 18.2 Å². The Balaban J connectivity index is 1.62. The highest BCUT2D eigenvalue weighted by Crippen LogP contribution is 2.20. The second-order valence-electron chi connectivity index (χ2n) is 6.07. The number of carbonyl (C=O) groups excluding carboxylic acids is 1. The molecular weight excluding hydrogens is 358 g/mol. The lowest BCUT2D eigenvalue weighted by Gasteiger charge is -2.37. The molecular formula is C18H26ClN3O2S. The highest BCUT2D eigenvalue weighted by atomic mass is 35.5. The Morgan fingerprint density at radius 1 is 1.24 bits per heavy atom. The first-order chi connectivity index (χ1) is 12.1. The van der Waals surface area contributed by atoms with Gasteiger partial charge in [-0.1, -0.05) is 24.1 Å². The molecule has 0 bridgehead atoms. The van der Waals surface area contributed by atoms with Crippen molar-refractivity contribution in [1.82, 2.24) is 10.2 Å². The summed E-state index contributed by atoms with van der Waals surface area (Å²) in [6, 6.07) is 7.97. The molecule has 1 aromatic carbocycles. The number of methoxy groups -OCH3 is 1. The number of halogens is 1.